The maximum Gasteiger partial charge on any atom is 0.0464 e. The van der Waals surface area contributed by atoms with Crippen molar-refractivity contribution in [3.63, 3.8) is 0 Å². The largest absolute Gasteiger partial charge is 0.355 e. The molecule has 0 bridgehead atoms. The van der Waals surface area contributed by atoms with Gasteiger partial charge in [-0.1, -0.05) is 64.5 Å². The van der Waals surface area contributed by atoms with Crippen LogP contribution in [-0.2, 0) is 0 Å². The van der Waals surface area contributed by atoms with Crippen LogP contribution in [0.4, 0.5) is 0 Å². The van der Waals surface area contributed by atoms with E-state index in [4.69, 9.17) is 0 Å². The van der Waals surface area contributed by atoms with Crippen molar-refractivity contribution in [3.05, 3.63) is 34.8 Å². The Kier molecular flexibility index (Phi) is 8.73. The van der Waals surface area contributed by atoms with Gasteiger partial charge in [-0.15, -0.1) is 0 Å². The Morgan fingerprint density at radius 3 is 2.11 bits per heavy atom. The van der Waals surface area contributed by atoms with Gasteiger partial charge in [0.1, 0.15) is 0 Å². The standard InChI is InChI=1S/C12H13N.C3H8.C2H6.H2/c1-3-9-10-7-5-6-8-12(10)13-11(9)4-2;1-3-2;1-2;/h3-8,13H,1-2H3;3H2,1-2H3;1-2H3;1H/b9-3-,11-4+;;;. The minimum absolute atomic E-state index is 0. The van der Waals surface area contributed by atoms with Crippen molar-refractivity contribution in [2.45, 2.75) is 48.0 Å². The predicted octanol–water partition coefficient (Wildman–Crippen LogP) is 4.46. The van der Waals surface area contributed by atoms with E-state index in [1.54, 1.807) is 0 Å². The molecule has 0 aliphatic rings. The summed E-state index contributed by atoms with van der Waals surface area (Å²) in [5.41, 5.74) is 1.21. The van der Waals surface area contributed by atoms with Crippen molar-refractivity contribution < 1.29 is 1.43 Å². The van der Waals surface area contributed by atoms with Crippen molar-refractivity contribution >= 4 is 23.1 Å². The topological polar surface area (TPSA) is 15.8 Å². The van der Waals surface area contributed by atoms with Gasteiger partial charge in [-0.05, 0) is 19.9 Å². The third-order valence-corrected chi connectivity index (χ3v) is 2.35. The van der Waals surface area contributed by atoms with E-state index in [9.17, 15) is 0 Å². The molecule has 1 aromatic carbocycles. The molecule has 0 saturated carbocycles. The molecule has 0 aliphatic carbocycles. The average molecular weight is 247 g/mol. The Bertz CT molecular complexity index is 552. The maximum atomic E-state index is 3.38. The Balaban J connectivity index is 0. The van der Waals surface area contributed by atoms with Crippen LogP contribution in [0.3, 0.4) is 0 Å². The fourth-order valence-corrected chi connectivity index (χ4v) is 1.72. The second-order valence-electron chi connectivity index (χ2n) is 3.78. The highest BCUT2D eigenvalue weighted by Crippen LogP contribution is 2.03. The van der Waals surface area contributed by atoms with E-state index in [1.165, 1.54) is 27.9 Å². The molecule has 2 aromatic rings. The summed E-state index contributed by atoms with van der Waals surface area (Å²) in [6.07, 6.45) is 5.50. The van der Waals surface area contributed by atoms with E-state index in [-0.39, 0.29) is 1.43 Å². The lowest BCUT2D eigenvalue weighted by Crippen LogP contribution is -2.21. The second-order valence-corrected chi connectivity index (χ2v) is 3.78. The van der Waals surface area contributed by atoms with Gasteiger partial charge in [-0.25, -0.2) is 0 Å². The summed E-state index contributed by atoms with van der Waals surface area (Å²) < 4.78 is 0. The number of fused-ring (bicyclic) bond motifs is 1. The summed E-state index contributed by atoms with van der Waals surface area (Å²) in [5, 5.41) is 3.82. The van der Waals surface area contributed by atoms with E-state index < -0.39 is 0 Å². The van der Waals surface area contributed by atoms with Gasteiger partial charge >= 0.3 is 0 Å². The van der Waals surface area contributed by atoms with Crippen molar-refractivity contribution in [2.24, 2.45) is 0 Å². The van der Waals surface area contributed by atoms with Crippen LogP contribution < -0.4 is 10.6 Å². The van der Waals surface area contributed by atoms with Crippen LogP contribution in [0, 0.1) is 0 Å². The van der Waals surface area contributed by atoms with Gasteiger partial charge in [0.2, 0.25) is 0 Å². The van der Waals surface area contributed by atoms with Crippen LogP contribution in [0.25, 0.3) is 23.1 Å². The molecule has 0 amide bonds. The molecule has 1 nitrogen and oxygen atoms in total. The van der Waals surface area contributed by atoms with Crippen LogP contribution in [0.15, 0.2) is 24.3 Å². The molecule has 2 rings (SSSR count). The highest BCUT2D eigenvalue weighted by molar-refractivity contribution is 5.80. The molecule has 102 valence electrons. The zero-order valence-corrected chi connectivity index (χ0v) is 12.7. The van der Waals surface area contributed by atoms with Crippen LogP contribution >= 0.6 is 0 Å². The number of aromatic amines is 1. The quantitative estimate of drug-likeness (QED) is 0.707. The highest BCUT2D eigenvalue weighted by atomic mass is 14.7. The summed E-state index contributed by atoms with van der Waals surface area (Å²) in [4.78, 5) is 3.38. The van der Waals surface area contributed by atoms with Crippen LogP contribution in [-0.4, -0.2) is 4.98 Å². The predicted molar refractivity (Wildman–Crippen MR) is 87.3 cm³/mol. The van der Waals surface area contributed by atoms with Crippen molar-refractivity contribution in [2.75, 3.05) is 0 Å². The van der Waals surface area contributed by atoms with Gasteiger partial charge in [-0.3, -0.25) is 0 Å². The molecule has 0 unspecified atom stereocenters. The fourth-order valence-electron chi connectivity index (χ4n) is 1.72. The zero-order chi connectivity index (χ0) is 14.0. The summed E-state index contributed by atoms with van der Waals surface area (Å²) in [5.74, 6) is 0. The summed E-state index contributed by atoms with van der Waals surface area (Å²) >= 11 is 0. The first kappa shape index (κ1) is 16.5. The summed E-state index contributed by atoms with van der Waals surface area (Å²) in [6, 6.07) is 8.38. The van der Waals surface area contributed by atoms with Gasteiger partial charge in [0.25, 0.3) is 0 Å². The third-order valence-electron chi connectivity index (χ3n) is 2.35. The van der Waals surface area contributed by atoms with E-state index in [1.807, 2.05) is 13.8 Å². The van der Waals surface area contributed by atoms with Crippen LogP contribution in [0.5, 0.6) is 0 Å². The number of nitrogens with one attached hydrogen (secondary N) is 1. The fraction of sp³-hybridized carbons (Fsp3) is 0.412. The third kappa shape index (κ3) is 4.06. The second kappa shape index (κ2) is 9.52. The lowest BCUT2D eigenvalue weighted by Gasteiger charge is -1.85. The first-order valence-corrected chi connectivity index (χ1v) is 6.97. The Labute approximate surface area is 113 Å². The molecule has 0 atom stereocenters. The average Bonchev–Trinajstić information content (AvgIpc) is 2.79. The van der Waals surface area contributed by atoms with Gasteiger partial charge in [-0.2, -0.15) is 0 Å². The van der Waals surface area contributed by atoms with Crippen molar-refractivity contribution in [1.82, 2.24) is 4.98 Å². The zero-order valence-electron chi connectivity index (χ0n) is 12.7. The molecule has 18 heavy (non-hydrogen) atoms. The molecule has 0 aliphatic heterocycles. The molecule has 1 heteroatoms. The van der Waals surface area contributed by atoms with Gasteiger partial charge in [0.15, 0.2) is 0 Å². The molecule has 0 saturated heterocycles. The smallest absolute Gasteiger partial charge is 0.0464 e. The molecule has 0 spiro atoms. The van der Waals surface area contributed by atoms with Gasteiger partial charge in [0.05, 0.1) is 0 Å². The molecular formula is C17H29N. The number of rotatable bonds is 0. The molecule has 0 radical (unpaired) electrons. The van der Waals surface area contributed by atoms with Crippen LogP contribution in [0.2, 0.25) is 0 Å². The Hall–Kier alpha value is -1.50. The normalized spacial score (nSPS) is 11.7. The monoisotopic (exact) mass is 247 g/mol. The first-order valence-electron chi connectivity index (χ1n) is 6.97. The van der Waals surface area contributed by atoms with E-state index in [0.717, 1.165) is 0 Å². The highest BCUT2D eigenvalue weighted by Gasteiger charge is 1.95. The van der Waals surface area contributed by atoms with Gasteiger partial charge < -0.3 is 4.98 Å². The number of para-hydroxylation sites is 1. The van der Waals surface area contributed by atoms with Gasteiger partial charge in [0, 0.05) is 22.9 Å². The van der Waals surface area contributed by atoms with E-state index in [0.29, 0.717) is 0 Å². The number of benzene rings is 1. The molecular weight excluding hydrogens is 218 g/mol. The molecule has 1 heterocycles. The number of aromatic nitrogens is 1. The Morgan fingerprint density at radius 1 is 1.06 bits per heavy atom. The number of H-pyrrole nitrogens is 1. The van der Waals surface area contributed by atoms with E-state index in [2.05, 4.69) is 69.1 Å². The SMILES string of the molecule is C/C=c1\c(=C/C)[nH]c2ccccc12.CC.CCC.[HH]. The van der Waals surface area contributed by atoms with Crippen molar-refractivity contribution in [3.8, 4) is 0 Å². The number of hydrogen-bond donors (Lipinski definition) is 1. The summed E-state index contributed by atoms with van der Waals surface area (Å²) in [7, 11) is 0. The lowest BCUT2D eigenvalue weighted by molar-refractivity contribution is 1.09. The van der Waals surface area contributed by atoms with Crippen molar-refractivity contribution in [1.29, 1.82) is 0 Å². The number of hydrogen-bond acceptors (Lipinski definition) is 0. The molecule has 0 fully saturated rings. The van der Waals surface area contributed by atoms with E-state index >= 15 is 0 Å². The lowest BCUT2D eigenvalue weighted by atomic mass is 10.2. The summed E-state index contributed by atoms with van der Waals surface area (Å²) in [6.45, 7) is 12.4. The minimum atomic E-state index is 0. The minimum Gasteiger partial charge on any atom is -0.355 e. The Morgan fingerprint density at radius 2 is 1.61 bits per heavy atom. The maximum absolute atomic E-state index is 3.38. The molecule has 1 N–H and O–H groups in total. The van der Waals surface area contributed by atoms with Crippen LogP contribution in [0.1, 0.15) is 49.4 Å². The first-order chi connectivity index (χ1) is 8.78. The molecule has 1 aromatic heterocycles.